The van der Waals surface area contributed by atoms with Crippen molar-refractivity contribution in [3.05, 3.63) is 54.1 Å². The van der Waals surface area contributed by atoms with Gasteiger partial charge in [-0.3, -0.25) is 4.79 Å². The van der Waals surface area contributed by atoms with E-state index in [1.165, 1.54) is 0 Å². The first-order valence-electron chi connectivity index (χ1n) is 8.15. The quantitative estimate of drug-likeness (QED) is 0.939. The number of carbonyl (C=O) groups is 1. The smallest absolute Gasteiger partial charge is 0.255 e. The van der Waals surface area contributed by atoms with Gasteiger partial charge in [0.2, 0.25) is 0 Å². The zero-order valence-corrected chi connectivity index (χ0v) is 14.2. The molecule has 1 amide bonds. The van der Waals surface area contributed by atoms with Crippen LogP contribution in [0.25, 0.3) is 0 Å². The molecule has 0 saturated carbocycles. The molecule has 0 spiro atoms. The lowest BCUT2D eigenvalue weighted by molar-refractivity contribution is 0.102. The van der Waals surface area contributed by atoms with Crippen LogP contribution in [0, 0.1) is 0 Å². The number of nitrogens with one attached hydrogen (secondary N) is 1. The summed E-state index contributed by atoms with van der Waals surface area (Å²) in [4.78, 5) is 16.7. The number of ether oxygens (including phenoxy) is 1. The second kappa shape index (κ2) is 7.36. The fraction of sp³-hybridized carbons (Fsp3) is 0.316. The Morgan fingerprint density at radius 3 is 2.46 bits per heavy atom. The lowest BCUT2D eigenvalue weighted by Crippen LogP contribution is -2.36. The summed E-state index contributed by atoms with van der Waals surface area (Å²) < 4.78 is 5.39. The normalized spacial score (nSPS) is 14.3. The standard InChI is InChI=1S/C19H23N3O2/c1-21(2)17-8-6-15(7-9-17)19(23)20-16-4-3-5-18(14-16)22-10-12-24-13-11-22/h3-9,14H,10-13H2,1-2H3,(H,20,23). The molecule has 1 fully saturated rings. The van der Waals surface area contributed by atoms with Gasteiger partial charge in [-0.15, -0.1) is 0 Å². The summed E-state index contributed by atoms with van der Waals surface area (Å²) in [6.07, 6.45) is 0. The zero-order chi connectivity index (χ0) is 16.9. The molecule has 1 saturated heterocycles. The highest BCUT2D eigenvalue weighted by Gasteiger charge is 2.12. The van der Waals surface area contributed by atoms with Gasteiger partial charge < -0.3 is 19.9 Å². The molecule has 2 aromatic rings. The Bertz CT molecular complexity index is 692. The fourth-order valence-corrected chi connectivity index (χ4v) is 2.72. The van der Waals surface area contributed by atoms with E-state index in [1.54, 1.807) is 0 Å². The number of benzene rings is 2. The molecular formula is C19H23N3O2. The van der Waals surface area contributed by atoms with E-state index in [2.05, 4.69) is 16.3 Å². The van der Waals surface area contributed by atoms with E-state index in [9.17, 15) is 4.79 Å². The largest absolute Gasteiger partial charge is 0.378 e. The van der Waals surface area contributed by atoms with Crippen molar-refractivity contribution in [2.45, 2.75) is 0 Å². The van der Waals surface area contributed by atoms with Crippen molar-refractivity contribution in [2.24, 2.45) is 0 Å². The van der Waals surface area contributed by atoms with Crippen LogP contribution in [0.2, 0.25) is 0 Å². The SMILES string of the molecule is CN(C)c1ccc(C(=O)Nc2cccc(N3CCOCC3)c2)cc1. The van der Waals surface area contributed by atoms with Gasteiger partial charge in [-0.25, -0.2) is 0 Å². The Hall–Kier alpha value is -2.53. The van der Waals surface area contributed by atoms with E-state index in [0.717, 1.165) is 43.4 Å². The molecule has 3 rings (SSSR count). The second-order valence-electron chi connectivity index (χ2n) is 6.05. The lowest BCUT2D eigenvalue weighted by atomic mass is 10.1. The summed E-state index contributed by atoms with van der Waals surface area (Å²) in [5.74, 6) is -0.0977. The number of amides is 1. The Balaban J connectivity index is 1.69. The molecule has 0 bridgehead atoms. The van der Waals surface area contributed by atoms with Gasteiger partial charge in [0, 0.05) is 49.8 Å². The number of morpholine rings is 1. The molecule has 1 aliphatic rings. The van der Waals surface area contributed by atoms with Gasteiger partial charge in [0.1, 0.15) is 0 Å². The van der Waals surface area contributed by atoms with Crippen molar-refractivity contribution in [3.8, 4) is 0 Å². The molecule has 0 aromatic heterocycles. The minimum Gasteiger partial charge on any atom is -0.378 e. The first kappa shape index (κ1) is 16.3. The summed E-state index contributed by atoms with van der Waals surface area (Å²) >= 11 is 0. The maximum Gasteiger partial charge on any atom is 0.255 e. The van der Waals surface area contributed by atoms with Crippen LogP contribution in [0.4, 0.5) is 17.1 Å². The van der Waals surface area contributed by atoms with E-state index >= 15 is 0 Å². The predicted octanol–water partition coefficient (Wildman–Crippen LogP) is 2.84. The first-order chi connectivity index (χ1) is 11.6. The lowest BCUT2D eigenvalue weighted by Gasteiger charge is -2.29. The molecule has 2 aromatic carbocycles. The van der Waals surface area contributed by atoms with Gasteiger partial charge in [-0.1, -0.05) is 6.07 Å². The van der Waals surface area contributed by atoms with E-state index in [1.807, 2.05) is 61.5 Å². The Kier molecular flexibility index (Phi) is 5.01. The summed E-state index contributed by atoms with van der Waals surface area (Å²) in [5, 5.41) is 2.98. The Morgan fingerprint density at radius 2 is 1.79 bits per heavy atom. The van der Waals surface area contributed by atoms with Crippen LogP contribution in [0.1, 0.15) is 10.4 Å². The van der Waals surface area contributed by atoms with Gasteiger partial charge in [0.05, 0.1) is 13.2 Å². The third kappa shape index (κ3) is 3.86. The molecule has 1 N–H and O–H groups in total. The molecule has 0 radical (unpaired) electrons. The highest BCUT2D eigenvalue weighted by molar-refractivity contribution is 6.04. The Labute approximate surface area is 142 Å². The summed E-state index contributed by atoms with van der Waals surface area (Å²) in [6.45, 7) is 3.25. The van der Waals surface area contributed by atoms with Gasteiger partial charge >= 0.3 is 0 Å². The number of carbonyl (C=O) groups excluding carboxylic acids is 1. The maximum atomic E-state index is 12.4. The van der Waals surface area contributed by atoms with Crippen molar-refractivity contribution >= 4 is 23.0 Å². The van der Waals surface area contributed by atoms with E-state index < -0.39 is 0 Å². The number of hydrogen-bond donors (Lipinski definition) is 1. The molecular weight excluding hydrogens is 302 g/mol. The highest BCUT2D eigenvalue weighted by atomic mass is 16.5. The van der Waals surface area contributed by atoms with Crippen LogP contribution in [-0.2, 0) is 4.74 Å². The molecule has 1 heterocycles. The van der Waals surface area contributed by atoms with Crippen LogP contribution in [0.15, 0.2) is 48.5 Å². The first-order valence-corrected chi connectivity index (χ1v) is 8.15. The van der Waals surface area contributed by atoms with Crippen molar-refractivity contribution in [3.63, 3.8) is 0 Å². The van der Waals surface area contributed by atoms with E-state index in [0.29, 0.717) is 5.56 Å². The van der Waals surface area contributed by atoms with Crippen LogP contribution in [0.5, 0.6) is 0 Å². The summed E-state index contributed by atoms with van der Waals surface area (Å²) in [7, 11) is 3.96. The van der Waals surface area contributed by atoms with Gasteiger partial charge in [0.25, 0.3) is 5.91 Å². The topological polar surface area (TPSA) is 44.8 Å². The number of rotatable bonds is 4. The molecule has 0 unspecified atom stereocenters. The van der Waals surface area contributed by atoms with Gasteiger partial charge in [0.15, 0.2) is 0 Å². The van der Waals surface area contributed by atoms with Crippen LogP contribution < -0.4 is 15.1 Å². The Morgan fingerprint density at radius 1 is 1.08 bits per heavy atom. The molecule has 0 atom stereocenters. The molecule has 5 nitrogen and oxygen atoms in total. The molecule has 126 valence electrons. The highest BCUT2D eigenvalue weighted by Crippen LogP contribution is 2.21. The molecule has 24 heavy (non-hydrogen) atoms. The monoisotopic (exact) mass is 325 g/mol. The second-order valence-corrected chi connectivity index (χ2v) is 6.05. The van der Waals surface area contributed by atoms with E-state index in [-0.39, 0.29) is 5.91 Å². The van der Waals surface area contributed by atoms with Gasteiger partial charge in [-0.05, 0) is 42.5 Å². The van der Waals surface area contributed by atoms with Crippen LogP contribution >= 0.6 is 0 Å². The minimum absolute atomic E-state index is 0.0977. The van der Waals surface area contributed by atoms with Crippen molar-refractivity contribution in [1.29, 1.82) is 0 Å². The predicted molar refractivity (Wildman–Crippen MR) is 98.2 cm³/mol. The third-order valence-electron chi connectivity index (χ3n) is 4.13. The van der Waals surface area contributed by atoms with Crippen molar-refractivity contribution < 1.29 is 9.53 Å². The van der Waals surface area contributed by atoms with Gasteiger partial charge in [-0.2, -0.15) is 0 Å². The molecule has 1 aliphatic heterocycles. The van der Waals surface area contributed by atoms with Crippen molar-refractivity contribution in [2.75, 3.05) is 55.5 Å². The minimum atomic E-state index is -0.0977. The summed E-state index contributed by atoms with van der Waals surface area (Å²) in [6, 6.07) is 15.5. The van der Waals surface area contributed by atoms with Crippen molar-refractivity contribution in [1.82, 2.24) is 0 Å². The number of nitrogens with zero attached hydrogens (tertiary/aromatic N) is 2. The molecule has 0 aliphatic carbocycles. The number of anilines is 3. The average molecular weight is 325 g/mol. The summed E-state index contributed by atoms with van der Waals surface area (Å²) in [5.41, 5.74) is 3.64. The number of hydrogen-bond acceptors (Lipinski definition) is 4. The van der Waals surface area contributed by atoms with E-state index in [4.69, 9.17) is 4.74 Å². The third-order valence-corrected chi connectivity index (χ3v) is 4.13. The maximum absolute atomic E-state index is 12.4. The average Bonchev–Trinajstić information content (AvgIpc) is 2.63. The van der Waals surface area contributed by atoms with Crippen LogP contribution in [-0.4, -0.2) is 46.3 Å². The van der Waals surface area contributed by atoms with Crippen LogP contribution in [0.3, 0.4) is 0 Å². The zero-order valence-electron chi connectivity index (χ0n) is 14.2. The fourth-order valence-electron chi connectivity index (χ4n) is 2.72. The molecule has 5 heteroatoms.